The molecule has 0 spiro atoms. The summed E-state index contributed by atoms with van der Waals surface area (Å²) in [5, 5.41) is 12.7. The minimum atomic E-state index is -0.605. The Morgan fingerprint density at radius 1 is 1.03 bits per heavy atom. The Labute approximate surface area is 176 Å². The van der Waals surface area contributed by atoms with Gasteiger partial charge in [-0.3, -0.25) is 9.69 Å². The zero-order chi connectivity index (χ0) is 20.4. The van der Waals surface area contributed by atoms with Crippen molar-refractivity contribution in [3.63, 3.8) is 0 Å². The first kappa shape index (κ1) is 19.8. The number of hydrogen-bond donors (Lipinski definition) is 0. The zero-order valence-corrected chi connectivity index (χ0v) is 16.8. The lowest BCUT2D eigenvalue weighted by Crippen LogP contribution is -2.48. The third kappa shape index (κ3) is 4.24. The molecule has 1 saturated heterocycles. The van der Waals surface area contributed by atoms with Crippen LogP contribution in [0.4, 0.5) is 4.39 Å². The summed E-state index contributed by atoms with van der Waals surface area (Å²) < 4.78 is 15.7. The Kier molecular flexibility index (Phi) is 5.75. The van der Waals surface area contributed by atoms with Crippen LogP contribution in [-0.2, 0) is 6.54 Å². The number of hydrogen-bond acceptors (Lipinski definition) is 5. The molecule has 1 amide bonds. The fraction of sp³-hybridized carbons (Fsp3) is 0.263. The third-order valence-corrected chi connectivity index (χ3v) is 5.37. The van der Waals surface area contributed by atoms with Crippen LogP contribution < -0.4 is 0 Å². The summed E-state index contributed by atoms with van der Waals surface area (Å²) in [5.74, 6) is -0.310. The molecule has 2 aromatic carbocycles. The van der Waals surface area contributed by atoms with E-state index in [0.717, 1.165) is 5.69 Å². The van der Waals surface area contributed by atoms with E-state index in [1.165, 1.54) is 18.2 Å². The summed E-state index contributed by atoms with van der Waals surface area (Å²) in [4.78, 5) is 16.4. The number of carbonyl (C=O) groups is 1. The smallest absolute Gasteiger partial charge is 0.258 e. The van der Waals surface area contributed by atoms with Crippen LogP contribution in [0.3, 0.4) is 0 Å². The van der Waals surface area contributed by atoms with Gasteiger partial charge in [0.1, 0.15) is 5.82 Å². The molecule has 1 fully saturated rings. The molecule has 10 heteroatoms. The normalized spacial score (nSPS) is 14.9. The lowest BCUT2D eigenvalue weighted by atomic mass is 10.1. The summed E-state index contributed by atoms with van der Waals surface area (Å²) in [5.41, 5.74) is 0.742. The van der Waals surface area contributed by atoms with Crippen LogP contribution in [0.2, 0.25) is 10.0 Å². The van der Waals surface area contributed by atoms with E-state index in [9.17, 15) is 9.18 Å². The molecule has 0 radical (unpaired) electrons. The quantitative estimate of drug-likeness (QED) is 0.630. The summed E-state index contributed by atoms with van der Waals surface area (Å²) in [7, 11) is 0. The van der Waals surface area contributed by atoms with Crippen LogP contribution in [0.25, 0.3) is 5.69 Å². The van der Waals surface area contributed by atoms with Gasteiger partial charge in [0.05, 0.1) is 22.8 Å². The lowest BCUT2D eigenvalue weighted by Gasteiger charge is -2.34. The van der Waals surface area contributed by atoms with Gasteiger partial charge in [-0.2, -0.15) is 4.68 Å². The van der Waals surface area contributed by atoms with E-state index in [1.807, 2.05) is 12.1 Å². The predicted octanol–water partition coefficient (Wildman–Crippen LogP) is 3.07. The number of benzene rings is 2. The van der Waals surface area contributed by atoms with Crippen molar-refractivity contribution in [1.29, 1.82) is 0 Å². The number of tetrazole rings is 1. The van der Waals surface area contributed by atoms with Gasteiger partial charge in [0.2, 0.25) is 0 Å². The highest BCUT2D eigenvalue weighted by Crippen LogP contribution is 2.22. The van der Waals surface area contributed by atoms with Gasteiger partial charge >= 0.3 is 0 Å². The number of piperazine rings is 1. The fourth-order valence-corrected chi connectivity index (χ4v) is 3.63. The molecule has 29 heavy (non-hydrogen) atoms. The number of nitrogens with zero attached hydrogens (tertiary/aromatic N) is 6. The van der Waals surface area contributed by atoms with Crippen LogP contribution in [0.1, 0.15) is 16.2 Å². The second kappa shape index (κ2) is 8.44. The van der Waals surface area contributed by atoms with E-state index < -0.39 is 11.7 Å². The van der Waals surface area contributed by atoms with Crippen molar-refractivity contribution in [2.45, 2.75) is 6.54 Å². The topological polar surface area (TPSA) is 67.2 Å². The molecular weight excluding hydrogens is 418 g/mol. The average Bonchev–Trinajstić information content (AvgIpc) is 3.17. The van der Waals surface area contributed by atoms with Crippen molar-refractivity contribution in [1.82, 2.24) is 30.0 Å². The molecule has 0 unspecified atom stereocenters. The maximum absolute atomic E-state index is 14.0. The first-order chi connectivity index (χ1) is 14.0. The van der Waals surface area contributed by atoms with Crippen LogP contribution in [-0.4, -0.2) is 62.1 Å². The molecule has 3 aromatic rings. The van der Waals surface area contributed by atoms with Crippen LogP contribution in [0.15, 0.2) is 42.5 Å². The van der Waals surface area contributed by atoms with Crippen molar-refractivity contribution >= 4 is 29.1 Å². The van der Waals surface area contributed by atoms with Gasteiger partial charge < -0.3 is 4.90 Å². The molecule has 4 rings (SSSR count). The molecule has 0 saturated carbocycles. The number of carbonyl (C=O) groups excluding carboxylic acids is 1. The van der Waals surface area contributed by atoms with Crippen molar-refractivity contribution in [2.75, 3.05) is 26.2 Å². The number of halogens is 3. The first-order valence-corrected chi connectivity index (χ1v) is 9.77. The molecule has 0 bridgehead atoms. The highest BCUT2D eigenvalue weighted by molar-refractivity contribution is 6.33. The number of aromatic nitrogens is 4. The molecule has 0 atom stereocenters. The van der Waals surface area contributed by atoms with E-state index in [1.54, 1.807) is 21.7 Å². The highest BCUT2D eigenvalue weighted by atomic mass is 35.5. The van der Waals surface area contributed by atoms with Crippen LogP contribution in [0.5, 0.6) is 0 Å². The maximum atomic E-state index is 14.0. The number of amides is 1. The van der Waals surface area contributed by atoms with Crippen LogP contribution in [0, 0.1) is 5.82 Å². The fourth-order valence-electron chi connectivity index (χ4n) is 3.26. The van der Waals surface area contributed by atoms with E-state index in [0.29, 0.717) is 43.6 Å². The first-order valence-electron chi connectivity index (χ1n) is 9.02. The molecule has 0 N–H and O–H groups in total. The lowest BCUT2D eigenvalue weighted by molar-refractivity contribution is 0.0620. The highest BCUT2D eigenvalue weighted by Gasteiger charge is 2.26. The molecule has 0 aliphatic carbocycles. The Bertz CT molecular complexity index is 998. The Hall–Kier alpha value is -2.55. The molecule has 1 aliphatic rings. The van der Waals surface area contributed by atoms with E-state index in [-0.39, 0.29) is 10.6 Å². The Morgan fingerprint density at radius 2 is 1.76 bits per heavy atom. The van der Waals surface area contributed by atoms with Crippen molar-refractivity contribution in [2.24, 2.45) is 0 Å². The molecule has 2 heterocycles. The molecule has 150 valence electrons. The minimum absolute atomic E-state index is 0.0747. The van der Waals surface area contributed by atoms with Gasteiger partial charge in [0.25, 0.3) is 5.91 Å². The summed E-state index contributed by atoms with van der Waals surface area (Å²) in [6.07, 6.45) is 0. The standard InChI is InChI=1S/C19H17Cl2FN6O/c20-13-4-6-14(7-5-13)28-17(23-24-25-28)12-26-8-10-27(11-9-26)19(29)18-15(21)2-1-3-16(18)22/h1-7H,8-12H2. The Morgan fingerprint density at radius 3 is 2.45 bits per heavy atom. The van der Waals surface area contributed by atoms with Gasteiger partial charge in [-0.25, -0.2) is 4.39 Å². The average molecular weight is 435 g/mol. The monoisotopic (exact) mass is 434 g/mol. The van der Waals surface area contributed by atoms with E-state index in [4.69, 9.17) is 23.2 Å². The third-order valence-electron chi connectivity index (χ3n) is 4.81. The second-order valence-corrected chi connectivity index (χ2v) is 7.49. The van der Waals surface area contributed by atoms with Gasteiger partial charge in [0.15, 0.2) is 5.82 Å². The summed E-state index contributed by atoms with van der Waals surface area (Å²) >= 11 is 12.0. The van der Waals surface area contributed by atoms with Crippen LogP contribution >= 0.6 is 23.2 Å². The summed E-state index contributed by atoms with van der Waals surface area (Å²) in [6.45, 7) is 2.69. The van der Waals surface area contributed by atoms with Crippen molar-refractivity contribution < 1.29 is 9.18 Å². The summed E-state index contributed by atoms with van der Waals surface area (Å²) in [6, 6.07) is 11.5. The van der Waals surface area contributed by atoms with Gasteiger partial charge in [0, 0.05) is 31.2 Å². The van der Waals surface area contributed by atoms with E-state index in [2.05, 4.69) is 20.4 Å². The molecule has 1 aliphatic heterocycles. The second-order valence-electron chi connectivity index (χ2n) is 6.65. The van der Waals surface area contributed by atoms with Crippen molar-refractivity contribution in [3.05, 3.63) is 69.7 Å². The van der Waals surface area contributed by atoms with Gasteiger partial charge in [-0.1, -0.05) is 29.3 Å². The molecule has 7 nitrogen and oxygen atoms in total. The minimum Gasteiger partial charge on any atom is -0.336 e. The molecular formula is C19H17Cl2FN6O. The Balaban J connectivity index is 1.41. The maximum Gasteiger partial charge on any atom is 0.258 e. The SMILES string of the molecule is O=C(c1c(F)cccc1Cl)N1CCN(Cc2nnnn2-c2ccc(Cl)cc2)CC1. The van der Waals surface area contributed by atoms with Gasteiger partial charge in [-0.15, -0.1) is 5.10 Å². The van der Waals surface area contributed by atoms with E-state index >= 15 is 0 Å². The largest absolute Gasteiger partial charge is 0.336 e. The number of rotatable bonds is 4. The van der Waals surface area contributed by atoms with Gasteiger partial charge in [-0.05, 0) is 46.8 Å². The van der Waals surface area contributed by atoms with Crippen molar-refractivity contribution in [3.8, 4) is 5.69 Å². The zero-order valence-electron chi connectivity index (χ0n) is 15.3. The predicted molar refractivity (Wildman–Crippen MR) is 107 cm³/mol. The molecule has 1 aromatic heterocycles.